The maximum atomic E-state index is 10.8. The van der Waals surface area contributed by atoms with Crippen LogP contribution >= 0.6 is 0 Å². The van der Waals surface area contributed by atoms with Crippen LogP contribution in [0.4, 0.5) is 0 Å². The molecule has 1 saturated heterocycles. The van der Waals surface area contributed by atoms with E-state index in [0.29, 0.717) is 6.54 Å². The molecule has 0 aromatic carbocycles. The van der Waals surface area contributed by atoms with Crippen molar-refractivity contribution in [2.24, 2.45) is 5.41 Å². The molecule has 1 N–H and O–H groups in total. The predicted molar refractivity (Wildman–Crippen MR) is 53.8 cm³/mol. The van der Waals surface area contributed by atoms with Gasteiger partial charge >= 0.3 is 5.97 Å². The van der Waals surface area contributed by atoms with E-state index < -0.39 is 11.4 Å². The minimum absolute atomic E-state index is 0.490. The molecule has 0 saturated carbocycles. The standard InChI is InChI=1S/C8H15NO2.C2H6/c1-3-9-5-4-8(2,6-9)7(10)11;1-2/h3-6H2,1-2H3,(H,10,11);1-2H3. The van der Waals surface area contributed by atoms with Crippen LogP contribution in [0.2, 0.25) is 0 Å². The topological polar surface area (TPSA) is 40.5 Å². The third-order valence-corrected chi connectivity index (χ3v) is 2.52. The first-order chi connectivity index (χ1) is 6.08. The van der Waals surface area contributed by atoms with Gasteiger partial charge in [0.2, 0.25) is 0 Å². The van der Waals surface area contributed by atoms with Crippen molar-refractivity contribution in [2.45, 2.75) is 34.1 Å². The van der Waals surface area contributed by atoms with Gasteiger partial charge in [-0.1, -0.05) is 20.8 Å². The second-order valence-corrected chi connectivity index (χ2v) is 3.48. The van der Waals surface area contributed by atoms with Crippen LogP contribution < -0.4 is 0 Å². The van der Waals surface area contributed by atoms with Gasteiger partial charge in [-0.05, 0) is 26.4 Å². The highest BCUT2D eigenvalue weighted by Crippen LogP contribution is 2.29. The molecule has 1 rings (SSSR count). The molecule has 1 aliphatic rings. The van der Waals surface area contributed by atoms with Crippen LogP contribution in [-0.2, 0) is 4.79 Å². The third kappa shape index (κ3) is 2.99. The Kier molecular flexibility index (Phi) is 4.99. The highest BCUT2D eigenvalue weighted by Gasteiger charge is 2.39. The molecule has 1 aliphatic heterocycles. The summed E-state index contributed by atoms with van der Waals surface area (Å²) in [4.78, 5) is 12.9. The van der Waals surface area contributed by atoms with Gasteiger partial charge in [-0.15, -0.1) is 0 Å². The van der Waals surface area contributed by atoms with E-state index in [9.17, 15) is 4.79 Å². The van der Waals surface area contributed by atoms with E-state index in [0.717, 1.165) is 19.5 Å². The molecule has 0 aliphatic carbocycles. The number of rotatable bonds is 2. The summed E-state index contributed by atoms with van der Waals surface area (Å²) in [5, 5.41) is 8.86. The minimum atomic E-state index is -0.659. The fourth-order valence-electron chi connectivity index (χ4n) is 1.50. The molecule has 1 fully saturated rings. The highest BCUT2D eigenvalue weighted by atomic mass is 16.4. The van der Waals surface area contributed by atoms with E-state index in [-0.39, 0.29) is 0 Å². The van der Waals surface area contributed by atoms with Crippen LogP contribution in [0.3, 0.4) is 0 Å². The fraction of sp³-hybridized carbons (Fsp3) is 0.900. The molecule has 0 bridgehead atoms. The Morgan fingerprint density at radius 2 is 2.08 bits per heavy atom. The van der Waals surface area contributed by atoms with Crippen LogP contribution in [0.15, 0.2) is 0 Å². The number of likely N-dealkylation sites (tertiary alicyclic amines) is 1. The van der Waals surface area contributed by atoms with E-state index in [1.165, 1.54) is 0 Å². The van der Waals surface area contributed by atoms with Gasteiger partial charge in [0.15, 0.2) is 0 Å². The lowest BCUT2D eigenvalue weighted by molar-refractivity contribution is -0.147. The summed E-state index contributed by atoms with van der Waals surface area (Å²) in [6.45, 7) is 10.5. The van der Waals surface area contributed by atoms with Crippen molar-refractivity contribution in [3.8, 4) is 0 Å². The summed E-state index contributed by atoms with van der Waals surface area (Å²) in [6.07, 6.45) is 0.788. The predicted octanol–water partition coefficient (Wildman–Crippen LogP) is 1.83. The van der Waals surface area contributed by atoms with Gasteiger partial charge in [-0.2, -0.15) is 0 Å². The number of nitrogens with zero attached hydrogens (tertiary/aromatic N) is 1. The maximum absolute atomic E-state index is 10.8. The van der Waals surface area contributed by atoms with Gasteiger partial charge in [-0.3, -0.25) is 4.79 Å². The van der Waals surface area contributed by atoms with E-state index in [1.54, 1.807) is 0 Å². The molecular formula is C10H21NO2. The third-order valence-electron chi connectivity index (χ3n) is 2.52. The zero-order valence-electron chi connectivity index (χ0n) is 9.13. The molecule has 13 heavy (non-hydrogen) atoms. The molecule has 0 aromatic heterocycles. The first kappa shape index (κ1) is 12.4. The number of carboxylic acid groups (broad SMARTS) is 1. The van der Waals surface area contributed by atoms with Gasteiger partial charge in [-0.25, -0.2) is 0 Å². The van der Waals surface area contributed by atoms with E-state index in [1.807, 2.05) is 20.8 Å². The number of hydrogen-bond acceptors (Lipinski definition) is 2. The second-order valence-electron chi connectivity index (χ2n) is 3.48. The zero-order chi connectivity index (χ0) is 10.5. The molecule has 3 nitrogen and oxygen atoms in total. The Hall–Kier alpha value is -0.570. The fourth-order valence-corrected chi connectivity index (χ4v) is 1.50. The number of carboxylic acids is 1. The van der Waals surface area contributed by atoms with Crippen LogP contribution in [0.25, 0.3) is 0 Å². The van der Waals surface area contributed by atoms with Crippen LogP contribution in [-0.4, -0.2) is 35.6 Å². The van der Waals surface area contributed by atoms with E-state index >= 15 is 0 Å². The lowest BCUT2D eigenvalue weighted by Crippen LogP contribution is -2.31. The maximum Gasteiger partial charge on any atom is 0.310 e. The molecule has 78 valence electrons. The summed E-state index contributed by atoms with van der Waals surface area (Å²) >= 11 is 0. The Bertz CT molecular complexity index is 170. The molecule has 0 spiro atoms. The summed E-state index contributed by atoms with van der Waals surface area (Å²) in [5.41, 5.74) is -0.490. The Morgan fingerprint density at radius 1 is 1.54 bits per heavy atom. The SMILES string of the molecule is CC.CCN1CCC(C)(C(=O)O)C1. The number of aliphatic carboxylic acids is 1. The summed E-state index contributed by atoms with van der Waals surface area (Å²) in [5.74, 6) is -0.659. The van der Waals surface area contributed by atoms with Gasteiger partial charge < -0.3 is 10.0 Å². The van der Waals surface area contributed by atoms with Crippen molar-refractivity contribution >= 4 is 5.97 Å². The smallest absolute Gasteiger partial charge is 0.310 e. The normalized spacial score (nSPS) is 28.0. The van der Waals surface area contributed by atoms with Crippen molar-refractivity contribution in [1.82, 2.24) is 4.90 Å². The van der Waals surface area contributed by atoms with Crippen molar-refractivity contribution in [2.75, 3.05) is 19.6 Å². The van der Waals surface area contributed by atoms with Crippen molar-refractivity contribution in [3.63, 3.8) is 0 Å². The van der Waals surface area contributed by atoms with Crippen LogP contribution in [0.5, 0.6) is 0 Å². The van der Waals surface area contributed by atoms with E-state index in [4.69, 9.17) is 5.11 Å². The highest BCUT2D eigenvalue weighted by molar-refractivity contribution is 5.74. The Labute approximate surface area is 80.7 Å². The lowest BCUT2D eigenvalue weighted by atomic mass is 9.90. The van der Waals surface area contributed by atoms with Crippen molar-refractivity contribution in [3.05, 3.63) is 0 Å². The largest absolute Gasteiger partial charge is 0.481 e. The van der Waals surface area contributed by atoms with Gasteiger partial charge in [0.25, 0.3) is 0 Å². The van der Waals surface area contributed by atoms with Crippen LogP contribution in [0, 0.1) is 5.41 Å². The minimum Gasteiger partial charge on any atom is -0.481 e. The summed E-state index contributed by atoms with van der Waals surface area (Å²) < 4.78 is 0. The average molecular weight is 187 g/mol. The molecule has 0 amide bonds. The molecule has 1 atom stereocenters. The monoisotopic (exact) mass is 187 g/mol. The van der Waals surface area contributed by atoms with Crippen molar-refractivity contribution < 1.29 is 9.90 Å². The molecule has 0 aromatic rings. The molecular weight excluding hydrogens is 166 g/mol. The number of carbonyl (C=O) groups is 1. The Morgan fingerprint density at radius 3 is 2.31 bits per heavy atom. The molecule has 0 radical (unpaired) electrons. The molecule has 1 unspecified atom stereocenters. The molecule has 3 heteroatoms. The van der Waals surface area contributed by atoms with Gasteiger partial charge in [0, 0.05) is 6.54 Å². The summed E-state index contributed by atoms with van der Waals surface area (Å²) in [6, 6.07) is 0. The van der Waals surface area contributed by atoms with Gasteiger partial charge in [0.1, 0.15) is 0 Å². The van der Waals surface area contributed by atoms with Gasteiger partial charge in [0.05, 0.1) is 5.41 Å². The second kappa shape index (κ2) is 5.22. The Balaban J connectivity index is 0.000000671. The summed E-state index contributed by atoms with van der Waals surface area (Å²) in [7, 11) is 0. The van der Waals surface area contributed by atoms with Crippen molar-refractivity contribution in [1.29, 1.82) is 0 Å². The first-order valence-corrected chi connectivity index (χ1v) is 5.04. The van der Waals surface area contributed by atoms with E-state index in [2.05, 4.69) is 11.8 Å². The zero-order valence-corrected chi connectivity index (χ0v) is 9.13. The quantitative estimate of drug-likeness (QED) is 0.717. The van der Waals surface area contributed by atoms with Crippen LogP contribution in [0.1, 0.15) is 34.1 Å². The average Bonchev–Trinajstić information content (AvgIpc) is 2.52. The first-order valence-electron chi connectivity index (χ1n) is 5.04. The lowest BCUT2D eigenvalue weighted by Gasteiger charge is -2.18. The number of hydrogen-bond donors (Lipinski definition) is 1. The molecule has 1 heterocycles.